The van der Waals surface area contributed by atoms with Gasteiger partial charge in [0.15, 0.2) is 0 Å². The molecule has 106 valence electrons. The molecule has 1 unspecified atom stereocenters. The van der Waals surface area contributed by atoms with Gasteiger partial charge in [-0.3, -0.25) is 4.98 Å². The lowest BCUT2D eigenvalue weighted by Crippen LogP contribution is -2.35. The Morgan fingerprint density at radius 2 is 2.00 bits per heavy atom. The first kappa shape index (κ1) is 13.3. The van der Waals surface area contributed by atoms with Gasteiger partial charge in [0.25, 0.3) is 0 Å². The van der Waals surface area contributed by atoms with E-state index in [4.69, 9.17) is 5.10 Å². The van der Waals surface area contributed by atoms with Gasteiger partial charge in [-0.05, 0) is 31.9 Å². The molecule has 1 N–H and O–H groups in total. The highest BCUT2D eigenvalue weighted by molar-refractivity contribution is 5.78. The Bertz CT molecular complexity index is 502. The standard InChI is InChI=1S/C16H23N4/c1-2-20(12-14-7-9-17-10-8-14)13-16(11-18-20)19-15-5-3-4-6-15/h7-11,13,15,19H,2-6,12H2,1H3/q+1. The number of rotatable bonds is 5. The fourth-order valence-corrected chi connectivity index (χ4v) is 3.06. The van der Waals surface area contributed by atoms with E-state index in [-0.39, 0.29) is 0 Å². The minimum Gasteiger partial charge on any atom is -0.377 e. The zero-order valence-corrected chi connectivity index (χ0v) is 12.1. The molecule has 1 fully saturated rings. The first-order valence-corrected chi connectivity index (χ1v) is 7.60. The Balaban J connectivity index is 1.70. The number of nitrogens with one attached hydrogen (secondary N) is 1. The second-order valence-corrected chi connectivity index (χ2v) is 5.77. The fraction of sp³-hybridized carbons (Fsp3) is 0.500. The van der Waals surface area contributed by atoms with Crippen LogP contribution in [0.1, 0.15) is 38.2 Å². The van der Waals surface area contributed by atoms with Gasteiger partial charge in [0.2, 0.25) is 0 Å². The molecule has 4 heteroatoms. The minimum absolute atomic E-state index is 0.644. The molecule has 0 saturated heterocycles. The van der Waals surface area contributed by atoms with Gasteiger partial charge in [0.1, 0.15) is 31.2 Å². The predicted octanol–water partition coefficient (Wildman–Crippen LogP) is 2.79. The summed E-state index contributed by atoms with van der Waals surface area (Å²) in [5.74, 6) is 0. The smallest absolute Gasteiger partial charge is 0.148 e. The fourth-order valence-electron chi connectivity index (χ4n) is 3.06. The lowest BCUT2D eigenvalue weighted by Gasteiger charge is -2.24. The summed E-state index contributed by atoms with van der Waals surface area (Å²) in [4.78, 5) is 4.08. The van der Waals surface area contributed by atoms with Crippen molar-refractivity contribution in [3.63, 3.8) is 0 Å². The quantitative estimate of drug-likeness (QED) is 0.836. The number of allylic oxidation sites excluding steroid dienone is 1. The van der Waals surface area contributed by atoms with Crippen LogP contribution in [-0.4, -0.2) is 28.4 Å². The maximum Gasteiger partial charge on any atom is 0.148 e. The van der Waals surface area contributed by atoms with Crippen molar-refractivity contribution in [2.24, 2.45) is 5.10 Å². The molecule has 0 radical (unpaired) electrons. The van der Waals surface area contributed by atoms with Gasteiger partial charge in [-0.2, -0.15) is 4.59 Å². The first-order valence-electron chi connectivity index (χ1n) is 7.60. The van der Waals surface area contributed by atoms with Gasteiger partial charge < -0.3 is 5.32 Å². The van der Waals surface area contributed by atoms with Crippen molar-refractivity contribution >= 4 is 6.21 Å². The molecule has 1 saturated carbocycles. The number of hydrogen-bond acceptors (Lipinski definition) is 3. The van der Waals surface area contributed by atoms with Crippen molar-refractivity contribution < 1.29 is 4.59 Å². The summed E-state index contributed by atoms with van der Waals surface area (Å²) >= 11 is 0. The monoisotopic (exact) mass is 271 g/mol. The predicted molar refractivity (Wildman–Crippen MR) is 80.7 cm³/mol. The average Bonchev–Trinajstić information content (AvgIpc) is 3.11. The first-order chi connectivity index (χ1) is 9.80. The molecule has 0 bridgehead atoms. The molecule has 2 heterocycles. The Hall–Kier alpha value is -1.68. The number of quaternary nitrogens is 1. The van der Waals surface area contributed by atoms with Crippen LogP contribution >= 0.6 is 0 Å². The lowest BCUT2D eigenvalue weighted by molar-refractivity contribution is -0.895. The van der Waals surface area contributed by atoms with Gasteiger partial charge in [-0.25, -0.2) is 0 Å². The van der Waals surface area contributed by atoms with Crippen LogP contribution < -0.4 is 5.32 Å². The summed E-state index contributed by atoms with van der Waals surface area (Å²) in [7, 11) is 0. The maximum atomic E-state index is 4.74. The van der Waals surface area contributed by atoms with Crippen molar-refractivity contribution in [3.8, 4) is 0 Å². The Morgan fingerprint density at radius 1 is 1.25 bits per heavy atom. The van der Waals surface area contributed by atoms with E-state index >= 15 is 0 Å². The molecule has 0 amide bonds. The SMILES string of the molecule is CC[N+]1(Cc2ccncc2)C=C(NC2CCCC2)C=N1. The van der Waals surface area contributed by atoms with Crippen LogP contribution in [0, 0.1) is 0 Å². The summed E-state index contributed by atoms with van der Waals surface area (Å²) in [5, 5.41) is 8.38. The van der Waals surface area contributed by atoms with Gasteiger partial charge in [-0.1, -0.05) is 17.9 Å². The molecule has 1 aliphatic carbocycles. The van der Waals surface area contributed by atoms with Crippen molar-refractivity contribution in [3.05, 3.63) is 42.0 Å². The van der Waals surface area contributed by atoms with E-state index in [9.17, 15) is 0 Å². The van der Waals surface area contributed by atoms with E-state index in [0.29, 0.717) is 10.6 Å². The zero-order valence-electron chi connectivity index (χ0n) is 12.1. The lowest BCUT2D eigenvalue weighted by atomic mass is 10.2. The second kappa shape index (κ2) is 5.75. The minimum atomic E-state index is 0.644. The summed E-state index contributed by atoms with van der Waals surface area (Å²) in [6.45, 7) is 4.05. The highest BCUT2D eigenvalue weighted by Gasteiger charge is 2.30. The number of hydrogen-bond donors (Lipinski definition) is 1. The third kappa shape index (κ3) is 2.90. The molecule has 3 rings (SSSR count). The summed E-state index contributed by atoms with van der Waals surface area (Å²) in [5.41, 5.74) is 2.46. The largest absolute Gasteiger partial charge is 0.377 e. The van der Waals surface area contributed by atoms with E-state index in [1.807, 2.05) is 18.6 Å². The topological polar surface area (TPSA) is 37.3 Å². The molecule has 1 aromatic rings. The third-order valence-electron chi connectivity index (χ3n) is 4.29. The normalized spacial score (nSPS) is 25.9. The molecule has 20 heavy (non-hydrogen) atoms. The molecule has 2 aliphatic rings. The Morgan fingerprint density at radius 3 is 2.70 bits per heavy atom. The van der Waals surface area contributed by atoms with Crippen molar-refractivity contribution in [2.45, 2.75) is 45.2 Å². The molecular formula is C16H23N4+. The highest BCUT2D eigenvalue weighted by Crippen LogP contribution is 2.24. The van der Waals surface area contributed by atoms with Crippen LogP contribution in [0.25, 0.3) is 0 Å². The van der Waals surface area contributed by atoms with Crippen molar-refractivity contribution in [1.82, 2.24) is 10.3 Å². The van der Waals surface area contributed by atoms with Crippen LogP contribution in [0.15, 0.2) is 41.5 Å². The molecule has 0 spiro atoms. The van der Waals surface area contributed by atoms with Gasteiger partial charge in [0.05, 0.1) is 0 Å². The Kier molecular flexibility index (Phi) is 3.83. The molecular weight excluding hydrogens is 248 g/mol. The Labute approximate surface area is 120 Å². The van der Waals surface area contributed by atoms with Crippen LogP contribution in [0.5, 0.6) is 0 Å². The average molecular weight is 271 g/mol. The van der Waals surface area contributed by atoms with E-state index < -0.39 is 0 Å². The molecule has 1 aromatic heterocycles. The number of nitrogens with zero attached hydrogens (tertiary/aromatic N) is 3. The van der Waals surface area contributed by atoms with Gasteiger partial charge >= 0.3 is 0 Å². The molecule has 4 nitrogen and oxygen atoms in total. The van der Waals surface area contributed by atoms with E-state index in [1.54, 1.807) is 0 Å². The van der Waals surface area contributed by atoms with Crippen LogP contribution in [0.4, 0.5) is 0 Å². The van der Waals surface area contributed by atoms with E-state index in [1.165, 1.54) is 36.9 Å². The molecule has 1 atom stereocenters. The zero-order chi connectivity index (χ0) is 13.8. The molecule has 1 aliphatic heterocycles. The summed E-state index contributed by atoms with van der Waals surface area (Å²) in [6, 6.07) is 4.79. The summed E-state index contributed by atoms with van der Waals surface area (Å²) < 4.78 is 0.652. The van der Waals surface area contributed by atoms with E-state index in [2.05, 4.69) is 35.6 Å². The van der Waals surface area contributed by atoms with Crippen LogP contribution in [-0.2, 0) is 6.54 Å². The second-order valence-electron chi connectivity index (χ2n) is 5.77. The van der Waals surface area contributed by atoms with Gasteiger partial charge in [-0.15, -0.1) is 0 Å². The maximum absolute atomic E-state index is 4.74. The molecule has 0 aromatic carbocycles. The summed E-state index contributed by atoms with van der Waals surface area (Å²) in [6.07, 6.45) is 13.3. The van der Waals surface area contributed by atoms with Crippen molar-refractivity contribution in [1.29, 1.82) is 0 Å². The van der Waals surface area contributed by atoms with E-state index in [0.717, 1.165) is 13.1 Å². The highest BCUT2D eigenvalue weighted by atomic mass is 15.6. The van der Waals surface area contributed by atoms with Crippen LogP contribution in [0.3, 0.4) is 0 Å². The van der Waals surface area contributed by atoms with Crippen LogP contribution in [0.2, 0.25) is 0 Å². The van der Waals surface area contributed by atoms with Crippen molar-refractivity contribution in [2.75, 3.05) is 6.54 Å². The number of aromatic nitrogens is 1. The third-order valence-corrected chi connectivity index (χ3v) is 4.29. The van der Waals surface area contributed by atoms with Gasteiger partial charge in [0, 0.05) is 24.0 Å². The number of pyridine rings is 1.